The van der Waals surface area contributed by atoms with E-state index in [1.165, 1.54) is 4.80 Å². The van der Waals surface area contributed by atoms with Gasteiger partial charge in [0.15, 0.2) is 5.69 Å². The maximum absolute atomic E-state index is 12.5. The summed E-state index contributed by atoms with van der Waals surface area (Å²) in [6.07, 6.45) is 0.159. The van der Waals surface area contributed by atoms with Gasteiger partial charge in [0.05, 0.1) is 11.4 Å². The van der Waals surface area contributed by atoms with Crippen LogP contribution in [-0.2, 0) is 4.79 Å². The molecule has 0 aliphatic heterocycles. The first-order chi connectivity index (χ1) is 13.8. The molecule has 0 radical (unpaired) electrons. The molecule has 8 heteroatoms. The van der Waals surface area contributed by atoms with E-state index in [-0.39, 0.29) is 30.5 Å². The van der Waals surface area contributed by atoms with E-state index in [2.05, 4.69) is 36.8 Å². The highest BCUT2D eigenvalue weighted by atomic mass is 79.9. The standard InChI is InChI=1S/C21H22BrN5O2/c1-13-4-9-18(14(2)12-13)27-25-15(3)20(26-27)21(29)23-11-10-19(28)24-17-7-5-16(22)6-8-17/h4-9,12H,10-11H2,1-3H3,(H,23,29)(H,24,28). The minimum atomic E-state index is -0.352. The summed E-state index contributed by atoms with van der Waals surface area (Å²) in [4.78, 5) is 26.0. The molecule has 1 heterocycles. The molecule has 0 spiro atoms. The monoisotopic (exact) mass is 455 g/mol. The third-order valence-electron chi connectivity index (χ3n) is 4.33. The molecule has 0 saturated carbocycles. The summed E-state index contributed by atoms with van der Waals surface area (Å²) in [7, 11) is 0. The van der Waals surface area contributed by atoms with E-state index < -0.39 is 0 Å². The van der Waals surface area contributed by atoms with E-state index >= 15 is 0 Å². The zero-order valence-electron chi connectivity index (χ0n) is 16.5. The van der Waals surface area contributed by atoms with Gasteiger partial charge in [-0.1, -0.05) is 33.6 Å². The molecule has 3 rings (SSSR count). The summed E-state index contributed by atoms with van der Waals surface area (Å²) in [5.41, 5.74) is 4.48. The van der Waals surface area contributed by atoms with Crippen LogP contribution in [0.1, 0.15) is 33.7 Å². The van der Waals surface area contributed by atoms with Crippen LogP contribution in [0.15, 0.2) is 46.9 Å². The maximum atomic E-state index is 12.5. The van der Waals surface area contributed by atoms with Gasteiger partial charge in [-0.05, 0) is 56.7 Å². The molecule has 0 fully saturated rings. The van der Waals surface area contributed by atoms with Gasteiger partial charge in [0.2, 0.25) is 5.91 Å². The van der Waals surface area contributed by atoms with Crippen LogP contribution in [0.4, 0.5) is 5.69 Å². The van der Waals surface area contributed by atoms with E-state index in [1.807, 2.05) is 44.2 Å². The summed E-state index contributed by atoms with van der Waals surface area (Å²) in [5.74, 6) is -0.529. The highest BCUT2D eigenvalue weighted by Gasteiger charge is 2.17. The van der Waals surface area contributed by atoms with Crippen LogP contribution in [0, 0.1) is 20.8 Å². The van der Waals surface area contributed by atoms with Crippen molar-refractivity contribution in [3.8, 4) is 5.69 Å². The molecule has 0 aliphatic rings. The van der Waals surface area contributed by atoms with Crippen molar-refractivity contribution in [1.29, 1.82) is 0 Å². The molecule has 150 valence electrons. The lowest BCUT2D eigenvalue weighted by Crippen LogP contribution is -2.28. The number of hydrogen-bond donors (Lipinski definition) is 2. The molecule has 0 bridgehead atoms. The fourth-order valence-corrected chi connectivity index (χ4v) is 3.12. The second-order valence-corrected chi connectivity index (χ2v) is 7.69. The lowest BCUT2D eigenvalue weighted by molar-refractivity contribution is -0.116. The largest absolute Gasteiger partial charge is 0.350 e. The van der Waals surface area contributed by atoms with Crippen LogP contribution < -0.4 is 10.6 Å². The van der Waals surface area contributed by atoms with Crippen LogP contribution >= 0.6 is 15.9 Å². The van der Waals surface area contributed by atoms with Gasteiger partial charge in [0, 0.05) is 23.1 Å². The lowest BCUT2D eigenvalue weighted by atomic mass is 10.1. The van der Waals surface area contributed by atoms with Crippen LogP contribution in [-0.4, -0.2) is 33.4 Å². The van der Waals surface area contributed by atoms with Gasteiger partial charge in [-0.3, -0.25) is 9.59 Å². The van der Waals surface area contributed by atoms with Crippen molar-refractivity contribution in [1.82, 2.24) is 20.3 Å². The Morgan fingerprint density at radius 3 is 2.45 bits per heavy atom. The Kier molecular flexibility index (Phi) is 6.43. The quantitative estimate of drug-likeness (QED) is 0.592. The van der Waals surface area contributed by atoms with Gasteiger partial charge in [0.25, 0.3) is 5.91 Å². The van der Waals surface area contributed by atoms with Crippen LogP contribution in [0.2, 0.25) is 0 Å². The minimum Gasteiger partial charge on any atom is -0.350 e. The van der Waals surface area contributed by atoms with Crippen LogP contribution in [0.3, 0.4) is 0 Å². The summed E-state index contributed by atoms with van der Waals surface area (Å²) in [6.45, 7) is 5.94. The first-order valence-corrected chi connectivity index (χ1v) is 9.98. The number of amides is 2. The predicted octanol–water partition coefficient (Wildman–Crippen LogP) is 3.71. The van der Waals surface area contributed by atoms with Crippen molar-refractivity contribution in [3.63, 3.8) is 0 Å². The number of aryl methyl sites for hydroxylation is 3. The number of carbonyl (C=O) groups is 2. The fraction of sp³-hybridized carbons (Fsp3) is 0.238. The average molecular weight is 456 g/mol. The van der Waals surface area contributed by atoms with Crippen molar-refractivity contribution in [2.45, 2.75) is 27.2 Å². The Bertz CT molecular complexity index is 1040. The molecule has 7 nitrogen and oxygen atoms in total. The molecule has 0 unspecified atom stereocenters. The van der Waals surface area contributed by atoms with Crippen molar-refractivity contribution >= 4 is 33.4 Å². The molecule has 1 aromatic heterocycles. The van der Waals surface area contributed by atoms with Crippen molar-refractivity contribution in [2.24, 2.45) is 0 Å². The second kappa shape index (κ2) is 9.00. The molecule has 29 heavy (non-hydrogen) atoms. The topological polar surface area (TPSA) is 88.9 Å². The smallest absolute Gasteiger partial charge is 0.273 e. The van der Waals surface area contributed by atoms with E-state index in [4.69, 9.17) is 0 Å². The molecule has 2 aromatic carbocycles. The number of halogens is 1. The van der Waals surface area contributed by atoms with Gasteiger partial charge >= 0.3 is 0 Å². The first-order valence-electron chi connectivity index (χ1n) is 9.18. The summed E-state index contributed by atoms with van der Waals surface area (Å²) >= 11 is 3.35. The van der Waals surface area contributed by atoms with E-state index in [0.29, 0.717) is 11.4 Å². The number of hydrogen-bond acceptors (Lipinski definition) is 4. The van der Waals surface area contributed by atoms with Gasteiger partial charge in [-0.25, -0.2) is 0 Å². The Labute approximate surface area is 177 Å². The summed E-state index contributed by atoms with van der Waals surface area (Å²) < 4.78 is 0.937. The van der Waals surface area contributed by atoms with Crippen molar-refractivity contribution in [2.75, 3.05) is 11.9 Å². The summed E-state index contributed by atoms with van der Waals surface area (Å²) in [5, 5.41) is 14.2. The third kappa shape index (κ3) is 5.29. The minimum absolute atomic E-state index is 0.159. The maximum Gasteiger partial charge on any atom is 0.273 e. The Morgan fingerprint density at radius 2 is 1.76 bits per heavy atom. The molecule has 2 N–H and O–H groups in total. The molecule has 3 aromatic rings. The molecule has 0 aliphatic carbocycles. The highest BCUT2D eigenvalue weighted by Crippen LogP contribution is 2.16. The SMILES string of the molecule is Cc1ccc(-n2nc(C)c(C(=O)NCCC(=O)Nc3ccc(Br)cc3)n2)c(C)c1. The van der Waals surface area contributed by atoms with Gasteiger partial charge < -0.3 is 10.6 Å². The average Bonchev–Trinajstić information content (AvgIpc) is 3.05. The normalized spacial score (nSPS) is 10.6. The number of nitrogens with zero attached hydrogens (tertiary/aromatic N) is 3. The number of aromatic nitrogens is 3. The molecular weight excluding hydrogens is 434 g/mol. The van der Waals surface area contributed by atoms with E-state index in [1.54, 1.807) is 19.1 Å². The summed E-state index contributed by atoms with van der Waals surface area (Å²) in [6, 6.07) is 13.2. The Morgan fingerprint density at radius 1 is 1.03 bits per heavy atom. The number of nitrogens with one attached hydrogen (secondary N) is 2. The van der Waals surface area contributed by atoms with E-state index in [9.17, 15) is 9.59 Å². The van der Waals surface area contributed by atoms with Crippen molar-refractivity contribution in [3.05, 3.63) is 69.5 Å². The van der Waals surface area contributed by atoms with Gasteiger partial charge in [-0.2, -0.15) is 9.90 Å². The highest BCUT2D eigenvalue weighted by molar-refractivity contribution is 9.10. The van der Waals surface area contributed by atoms with Gasteiger partial charge in [-0.15, -0.1) is 5.10 Å². The van der Waals surface area contributed by atoms with Crippen molar-refractivity contribution < 1.29 is 9.59 Å². The van der Waals surface area contributed by atoms with Crippen LogP contribution in [0.25, 0.3) is 5.69 Å². The predicted molar refractivity (Wildman–Crippen MR) is 115 cm³/mol. The first kappa shape index (κ1) is 20.7. The van der Waals surface area contributed by atoms with Crippen LogP contribution in [0.5, 0.6) is 0 Å². The molecular formula is C21H22BrN5O2. The second-order valence-electron chi connectivity index (χ2n) is 6.77. The number of anilines is 1. The zero-order chi connectivity index (χ0) is 21.0. The third-order valence-corrected chi connectivity index (χ3v) is 4.86. The number of benzene rings is 2. The van der Waals surface area contributed by atoms with E-state index in [0.717, 1.165) is 21.3 Å². The van der Waals surface area contributed by atoms with Gasteiger partial charge in [0.1, 0.15) is 0 Å². The number of carbonyl (C=O) groups excluding carboxylic acids is 2. The Hall–Kier alpha value is -3.00. The zero-order valence-corrected chi connectivity index (χ0v) is 18.1. The molecule has 2 amide bonds. The lowest BCUT2D eigenvalue weighted by Gasteiger charge is -2.06. The fourth-order valence-electron chi connectivity index (χ4n) is 2.86. The number of rotatable bonds is 6. The molecule has 0 atom stereocenters. The molecule has 0 saturated heterocycles. The Balaban J connectivity index is 1.57.